The van der Waals surface area contributed by atoms with E-state index in [9.17, 15) is 22.4 Å². The minimum absolute atomic E-state index is 0.0580. The van der Waals surface area contributed by atoms with Gasteiger partial charge >= 0.3 is 0 Å². The summed E-state index contributed by atoms with van der Waals surface area (Å²) in [4.78, 5) is 28.9. The molecule has 1 N–H and O–H groups in total. The highest BCUT2D eigenvalue weighted by atomic mass is 35.5. The van der Waals surface area contributed by atoms with Crippen molar-refractivity contribution >= 4 is 50.7 Å². The van der Waals surface area contributed by atoms with Crippen LogP contribution in [0.4, 0.5) is 10.1 Å². The van der Waals surface area contributed by atoms with E-state index in [1.807, 2.05) is 30.3 Å². The lowest BCUT2D eigenvalue weighted by atomic mass is 10.0. The smallest absolute Gasteiger partial charge is 0.264 e. The number of anilines is 1. The van der Waals surface area contributed by atoms with Gasteiger partial charge < -0.3 is 15.0 Å². The van der Waals surface area contributed by atoms with Gasteiger partial charge in [0.15, 0.2) is 0 Å². The number of rotatable bonds is 13. The molecule has 0 aliphatic carbocycles. The Bertz CT molecular complexity index is 1720. The molecule has 45 heavy (non-hydrogen) atoms. The lowest BCUT2D eigenvalue weighted by Crippen LogP contribution is -2.53. The first-order chi connectivity index (χ1) is 21.5. The Morgan fingerprint density at radius 1 is 0.933 bits per heavy atom. The van der Waals surface area contributed by atoms with Gasteiger partial charge in [0.05, 0.1) is 17.2 Å². The molecule has 0 bridgehead atoms. The highest BCUT2D eigenvalue weighted by Gasteiger charge is 2.34. The van der Waals surface area contributed by atoms with Crippen molar-refractivity contribution in [2.75, 3.05) is 24.5 Å². The van der Waals surface area contributed by atoms with E-state index in [1.54, 1.807) is 19.1 Å². The van der Waals surface area contributed by atoms with Gasteiger partial charge in [-0.1, -0.05) is 59.6 Å². The maximum atomic E-state index is 14.3. The number of amides is 2. The average Bonchev–Trinajstić information content (AvgIpc) is 3.03. The monoisotopic (exact) mass is 671 g/mol. The second-order valence-electron chi connectivity index (χ2n) is 9.97. The van der Waals surface area contributed by atoms with Crippen LogP contribution in [-0.4, -0.2) is 51.4 Å². The minimum Gasteiger partial charge on any atom is -0.494 e. The van der Waals surface area contributed by atoms with E-state index in [2.05, 4.69) is 5.32 Å². The van der Waals surface area contributed by atoms with Crippen LogP contribution in [0.2, 0.25) is 10.0 Å². The minimum atomic E-state index is -4.36. The Kier molecular flexibility index (Phi) is 11.4. The molecule has 8 nitrogen and oxygen atoms in total. The Morgan fingerprint density at radius 3 is 2.20 bits per heavy atom. The molecule has 2 amide bonds. The van der Waals surface area contributed by atoms with E-state index in [4.69, 9.17) is 27.9 Å². The number of nitrogens with zero attached hydrogens (tertiary/aromatic N) is 2. The molecule has 4 aromatic rings. The number of carbonyl (C=O) groups is 2. The summed E-state index contributed by atoms with van der Waals surface area (Å²) in [5.74, 6) is -1.25. The van der Waals surface area contributed by atoms with Gasteiger partial charge in [-0.15, -0.1) is 0 Å². The second kappa shape index (κ2) is 15.2. The van der Waals surface area contributed by atoms with Crippen molar-refractivity contribution in [3.05, 3.63) is 124 Å². The molecule has 0 radical (unpaired) electrons. The highest BCUT2D eigenvalue weighted by Crippen LogP contribution is 2.28. The fraction of sp³-hybridized carbons (Fsp3) is 0.212. The van der Waals surface area contributed by atoms with E-state index in [1.165, 1.54) is 54.4 Å². The molecule has 0 aromatic heterocycles. The number of nitrogens with one attached hydrogen (secondary N) is 1. The molecule has 1 unspecified atom stereocenters. The number of halogens is 3. The first kappa shape index (κ1) is 33.8. The molecule has 0 aliphatic rings. The zero-order valence-corrected chi connectivity index (χ0v) is 26.9. The summed E-state index contributed by atoms with van der Waals surface area (Å²) < 4.78 is 48.3. The van der Waals surface area contributed by atoms with Crippen molar-refractivity contribution in [2.45, 2.75) is 30.8 Å². The molecule has 0 saturated carbocycles. The Morgan fingerprint density at radius 2 is 1.60 bits per heavy atom. The molecule has 1 atom stereocenters. The number of hydrogen-bond donors (Lipinski definition) is 1. The van der Waals surface area contributed by atoms with Crippen LogP contribution in [0.1, 0.15) is 18.1 Å². The molecule has 4 aromatic carbocycles. The Labute approximate surface area is 272 Å². The van der Waals surface area contributed by atoms with Crippen LogP contribution in [-0.2, 0) is 32.6 Å². The van der Waals surface area contributed by atoms with Crippen molar-refractivity contribution < 1.29 is 27.1 Å². The van der Waals surface area contributed by atoms with Crippen LogP contribution in [0.3, 0.4) is 0 Å². The summed E-state index contributed by atoms with van der Waals surface area (Å²) in [6.45, 7) is 1.37. The predicted molar refractivity (Wildman–Crippen MR) is 174 cm³/mol. The van der Waals surface area contributed by atoms with Gasteiger partial charge in [0.2, 0.25) is 11.8 Å². The molecule has 0 heterocycles. The highest BCUT2D eigenvalue weighted by molar-refractivity contribution is 7.92. The van der Waals surface area contributed by atoms with E-state index >= 15 is 0 Å². The molecule has 0 saturated heterocycles. The van der Waals surface area contributed by atoms with Gasteiger partial charge in [-0.25, -0.2) is 12.8 Å². The Hall–Kier alpha value is -4.12. The number of sulfonamides is 1. The van der Waals surface area contributed by atoms with Gasteiger partial charge in [0, 0.05) is 30.1 Å². The molecule has 0 aliphatic heterocycles. The van der Waals surface area contributed by atoms with Crippen LogP contribution in [0.5, 0.6) is 5.75 Å². The molecular formula is C33H32Cl2FN3O5S. The third-order valence-corrected chi connectivity index (χ3v) is 9.36. The summed E-state index contributed by atoms with van der Waals surface area (Å²) >= 11 is 12.6. The van der Waals surface area contributed by atoms with Gasteiger partial charge in [-0.2, -0.15) is 0 Å². The van der Waals surface area contributed by atoms with E-state index in [0.717, 1.165) is 22.0 Å². The summed E-state index contributed by atoms with van der Waals surface area (Å²) in [6, 6.07) is 23.4. The average molecular weight is 673 g/mol. The summed E-state index contributed by atoms with van der Waals surface area (Å²) in [5.41, 5.74) is 1.34. The summed E-state index contributed by atoms with van der Waals surface area (Å²) in [6.07, 6.45) is 0.139. The third kappa shape index (κ3) is 8.54. The zero-order chi connectivity index (χ0) is 32.6. The first-order valence-corrected chi connectivity index (χ1v) is 16.2. The number of carbonyl (C=O) groups excluding carboxylic acids is 2. The zero-order valence-electron chi connectivity index (χ0n) is 24.6. The van der Waals surface area contributed by atoms with Crippen LogP contribution < -0.4 is 14.4 Å². The number of likely N-dealkylation sites (N-methyl/N-ethyl adjacent to an activating group) is 1. The van der Waals surface area contributed by atoms with Gasteiger partial charge in [0.1, 0.15) is 24.2 Å². The molecule has 0 fully saturated rings. The van der Waals surface area contributed by atoms with Gasteiger partial charge in [0.25, 0.3) is 10.0 Å². The Balaban J connectivity index is 1.79. The SMILES string of the molecule is CCOc1ccc(S(=O)(=O)N(CC(=O)N(Cc2ccc(Cl)cc2Cl)C(Cc2ccccc2)C(=O)NC)c2ccc(F)cc2)cc1. The van der Waals surface area contributed by atoms with E-state index in [0.29, 0.717) is 22.9 Å². The fourth-order valence-corrected chi connectivity index (χ4v) is 6.57. The number of hydrogen-bond acceptors (Lipinski definition) is 5. The molecular weight excluding hydrogens is 640 g/mol. The van der Waals surface area contributed by atoms with Crippen molar-refractivity contribution in [1.29, 1.82) is 0 Å². The lowest BCUT2D eigenvalue weighted by Gasteiger charge is -2.33. The fourth-order valence-electron chi connectivity index (χ4n) is 4.69. The maximum Gasteiger partial charge on any atom is 0.264 e. The van der Waals surface area contributed by atoms with Crippen LogP contribution >= 0.6 is 23.2 Å². The second-order valence-corrected chi connectivity index (χ2v) is 12.7. The first-order valence-electron chi connectivity index (χ1n) is 14.0. The van der Waals surface area contributed by atoms with Crippen molar-refractivity contribution in [3.63, 3.8) is 0 Å². The summed E-state index contributed by atoms with van der Waals surface area (Å²) in [5, 5.41) is 3.28. The normalized spacial score (nSPS) is 11.8. The topological polar surface area (TPSA) is 96.0 Å². The van der Waals surface area contributed by atoms with Gasteiger partial charge in [-0.3, -0.25) is 13.9 Å². The quantitative estimate of drug-likeness (QED) is 0.185. The molecule has 236 valence electrons. The van der Waals surface area contributed by atoms with Crippen molar-refractivity contribution in [1.82, 2.24) is 10.2 Å². The largest absolute Gasteiger partial charge is 0.494 e. The molecule has 12 heteroatoms. The maximum absolute atomic E-state index is 14.3. The van der Waals surface area contributed by atoms with Gasteiger partial charge in [-0.05, 0) is 78.7 Å². The third-order valence-electron chi connectivity index (χ3n) is 6.99. The standard InChI is InChI=1S/C33H32Cl2FN3O5S/c1-3-44-28-15-17-29(18-16-28)45(42,43)39(27-13-11-26(36)12-14-27)22-32(40)38(21-24-9-10-25(34)20-30(24)35)31(33(41)37-2)19-23-7-5-4-6-8-23/h4-18,20,31H,3,19,21-22H2,1-2H3,(H,37,41). The van der Waals surface area contributed by atoms with Crippen molar-refractivity contribution in [2.24, 2.45) is 0 Å². The van der Waals surface area contributed by atoms with E-state index < -0.39 is 40.2 Å². The van der Waals surface area contributed by atoms with Crippen LogP contribution in [0, 0.1) is 5.82 Å². The van der Waals surface area contributed by atoms with Crippen molar-refractivity contribution in [3.8, 4) is 5.75 Å². The molecule has 4 rings (SSSR count). The van der Waals surface area contributed by atoms with Crippen LogP contribution in [0.15, 0.2) is 102 Å². The summed E-state index contributed by atoms with van der Waals surface area (Å²) in [7, 11) is -2.90. The predicted octanol–water partition coefficient (Wildman–Crippen LogP) is 6.11. The number of ether oxygens (including phenoxy) is 1. The van der Waals surface area contributed by atoms with E-state index in [-0.39, 0.29) is 28.6 Å². The lowest BCUT2D eigenvalue weighted by molar-refractivity contribution is -0.139. The number of benzene rings is 4. The molecule has 0 spiro atoms. The van der Waals surface area contributed by atoms with Crippen LogP contribution in [0.25, 0.3) is 0 Å².